The summed E-state index contributed by atoms with van der Waals surface area (Å²) in [5.74, 6) is 0.959. The second-order valence-corrected chi connectivity index (χ2v) is 7.10. The number of hydrogen-bond acceptors (Lipinski definition) is 3. The first-order valence-corrected chi connectivity index (χ1v) is 7.93. The molecule has 3 heteroatoms. The average molecular weight is 274 g/mol. The SMILES string of the molecule is CC1(C)CCC(N2CCC(Oc3ccncc3)CC2)C1. The van der Waals surface area contributed by atoms with Crippen molar-refractivity contribution >= 4 is 0 Å². The molecule has 3 rings (SSSR count). The van der Waals surface area contributed by atoms with Gasteiger partial charge in [-0.05, 0) is 49.7 Å². The third-order valence-electron chi connectivity index (χ3n) is 4.89. The van der Waals surface area contributed by atoms with Crippen LogP contribution < -0.4 is 4.74 Å². The molecule has 2 fully saturated rings. The maximum atomic E-state index is 6.04. The van der Waals surface area contributed by atoms with Crippen molar-refractivity contribution in [1.29, 1.82) is 0 Å². The highest BCUT2D eigenvalue weighted by molar-refractivity contribution is 5.17. The highest BCUT2D eigenvalue weighted by Gasteiger charge is 2.35. The quantitative estimate of drug-likeness (QED) is 0.843. The number of piperidine rings is 1. The predicted octanol–water partition coefficient (Wildman–Crippen LogP) is 3.50. The number of rotatable bonds is 3. The van der Waals surface area contributed by atoms with Crippen LogP contribution in [-0.4, -0.2) is 35.1 Å². The molecule has 0 amide bonds. The fraction of sp³-hybridized carbons (Fsp3) is 0.706. The van der Waals surface area contributed by atoms with Gasteiger partial charge in [-0.25, -0.2) is 0 Å². The minimum absolute atomic E-state index is 0.378. The van der Waals surface area contributed by atoms with Crippen LogP contribution in [0.4, 0.5) is 0 Å². The van der Waals surface area contributed by atoms with Crippen molar-refractivity contribution in [3.8, 4) is 5.75 Å². The first-order valence-electron chi connectivity index (χ1n) is 7.93. The molecule has 0 N–H and O–H groups in total. The molecule has 0 spiro atoms. The molecule has 1 aromatic heterocycles. The minimum atomic E-state index is 0.378. The van der Waals surface area contributed by atoms with E-state index in [1.165, 1.54) is 32.4 Å². The highest BCUT2D eigenvalue weighted by atomic mass is 16.5. The maximum Gasteiger partial charge on any atom is 0.122 e. The van der Waals surface area contributed by atoms with Gasteiger partial charge in [-0.15, -0.1) is 0 Å². The first kappa shape index (κ1) is 13.9. The molecule has 1 saturated carbocycles. The molecule has 1 unspecified atom stereocenters. The van der Waals surface area contributed by atoms with Gasteiger partial charge < -0.3 is 9.64 Å². The van der Waals surface area contributed by atoms with Gasteiger partial charge >= 0.3 is 0 Å². The molecular weight excluding hydrogens is 248 g/mol. The summed E-state index contributed by atoms with van der Waals surface area (Å²) in [6.45, 7) is 7.20. The van der Waals surface area contributed by atoms with Crippen LogP contribution in [0.5, 0.6) is 5.75 Å². The first-order chi connectivity index (χ1) is 9.62. The Morgan fingerprint density at radius 2 is 1.85 bits per heavy atom. The van der Waals surface area contributed by atoms with Crippen molar-refractivity contribution in [1.82, 2.24) is 9.88 Å². The molecule has 1 aliphatic heterocycles. The minimum Gasteiger partial charge on any atom is -0.490 e. The Kier molecular flexibility index (Phi) is 3.97. The van der Waals surface area contributed by atoms with Crippen LogP contribution >= 0.6 is 0 Å². The Bertz CT molecular complexity index is 424. The molecule has 3 nitrogen and oxygen atoms in total. The molecule has 2 heterocycles. The molecule has 0 aromatic carbocycles. The van der Waals surface area contributed by atoms with Gasteiger partial charge in [0.15, 0.2) is 0 Å². The zero-order valence-corrected chi connectivity index (χ0v) is 12.7. The summed E-state index contributed by atoms with van der Waals surface area (Å²) in [4.78, 5) is 6.72. The molecule has 20 heavy (non-hydrogen) atoms. The van der Waals surface area contributed by atoms with Crippen molar-refractivity contribution < 1.29 is 4.74 Å². The van der Waals surface area contributed by atoms with Crippen molar-refractivity contribution in [2.24, 2.45) is 5.41 Å². The normalized spacial score (nSPS) is 27.6. The lowest BCUT2D eigenvalue weighted by Crippen LogP contribution is -2.43. The van der Waals surface area contributed by atoms with Crippen molar-refractivity contribution in [3.05, 3.63) is 24.5 Å². The van der Waals surface area contributed by atoms with Gasteiger partial charge in [0, 0.05) is 31.5 Å². The van der Waals surface area contributed by atoms with Crippen LogP contribution in [0.25, 0.3) is 0 Å². The lowest BCUT2D eigenvalue weighted by molar-refractivity contribution is 0.0738. The molecule has 2 aliphatic rings. The van der Waals surface area contributed by atoms with Gasteiger partial charge in [0.25, 0.3) is 0 Å². The number of pyridine rings is 1. The Hall–Kier alpha value is -1.09. The van der Waals surface area contributed by atoms with Crippen molar-refractivity contribution in [2.75, 3.05) is 13.1 Å². The third kappa shape index (κ3) is 3.32. The molecule has 0 radical (unpaired) electrons. The fourth-order valence-electron chi connectivity index (χ4n) is 3.68. The van der Waals surface area contributed by atoms with E-state index in [4.69, 9.17) is 4.74 Å². The summed E-state index contributed by atoms with van der Waals surface area (Å²) in [7, 11) is 0. The number of nitrogens with zero attached hydrogens (tertiary/aromatic N) is 2. The Labute approximate surface area is 122 Å². The smallest absolute Gasteiger partial charge is 0.122 e. The standard InChI is InChI=1S/C17H26N2O/c1-17(2)8-3-14(13-17)19-11-6-16(7-12-19)20-15-4-9-18-10-5-15/h4-5,9-10,14,16H,3,6-8,11-13H2,1-2H3. The van der Waals surface area contributed by atoms with E-state index < -0.39 is 0 Å². The summed E-state index contributed by atoms with van der Waals surface area (Å²) in [6, 6.07) is 4.71. The van der Waals surface area contributed by atoms with E-state index in [2.05, 4.69) is 23.7 Å². The third-order valence-corrected chi connectivity index (χ3v) is 4.89. The van der Waals surface area contributed by atoms with Crippen LogP contribution in [0, 0.1) is 5.41 Å². The molecule has 1 atom stereocenters. The number of likely N-dealkylation sites (tertiary alicyclic amines) is 1. The summed E-state index contributed by atoms with van der Waals surface area (Å²) in [5, 5.41) is 0. The predicted molar refractivity (Wildman–Crippen MR) is 80.9 cm³/mol. The fourth-order valence-corrected chi connectivity index (χ4v) is 3.68. The van der Waals surface area contributed by atoms with Gasteiger partial charge in [0.2, 0.25) is 0 Å². The monoisotopic (exact) mass is 274 g/mol. The molecule has 1 saturated heterocycles. The Morgan fingerprint density at radius 3 is 2.45 bits per heavy atom. The molecular formula is C17H26N2O. The Morgan fingerprint density at radius 1 is 1.15 bits per heavy atom. The van der Waals surface area contributed by atoms with E-state index in [1.807, 2.05) is 12.1 Å². The van der Waals surface area contributed by atoms with E-state index in [1.54, 1.807) is 12.4 Å². The van der Waals surface area contributed by atoms with E-state index >= 15 is 0 Å². The second kappa shape index (κ2) is 5.72. The second-order valence-electron chi connectivity index (χ2n) is 7.10. The zero-order chi connectivity index (χ0) is 14.0. The van der Waals surface area contributed by atoms with Crippen LogP contribution in [0.2, 0.25) is 0 Å². The van der Waals surface area contributed by atoms with Gasteiger partial charge in [-0.3, -0.25) is 4.98 Å². The van der Waals surface area contributed by atoms with Crippen molar-refractivity contribution in [3.63, 3.8) is 0 Å². The number of ether oxygens (including phenoxy) is 1. The van der Waals surface area contributed by atoms with Gasteiger partial charge in [-0.1, -0.05) is 13.8 Å². The largest absolute Gasteiger partial charge is 0.490 e. The molecule has 110 valence electrons. The van der Waals surface area contributed by atoms with E-state index in [-0.39, 0.29) is 0 Å². The molecule has 1 aromatic rings. The summed E-state index contributed by atoms with van der Waals surface area (Å²) in [5.41, 5.74) is 0.551. The summed E-state index contributed by atoms with van der Waals surface area (Å²) in [6.07, 6.45) is 10.4. The Balaban J connectivity index is 1.48. The van der Waals surface area contributed by atoms with E-state index in [0.29, 0.717) is 11.5 Å². The van der Waals surface area contributed by atoms with Crippen LogP contribution in [0.1, 0.15) is 46.0 Å². The molecule has 1 aliphatic carbocycles. The zero-order valence-electron chi connectivity index (χ0n) is 12.7. The lowest BCUT2D eigenvalue weighted by Gasteiger charge is -2.36. The van der Waals surface area contributed by atoms with E-state index in [9.17, 15) is 0 Å². The lowest BCUT2D eigenvalue weighted by atomic mass is 9.91. The van der Waals surface area contributed by atoms with Crippen LogP contribution in [0.3, 0.4) is 0 Å². The average Bonchev–Trinajstić information content (AvgIpc) is 2.81. The van der Waals surface area contributed by atoms with Gasteiger partial charge in [-0.2, -0.15) is 0 Å². The van der Waals surface area contributed by atoms with Gasteiger partial charge in [0.05, 0.1) is 0 Å². The summed E-state index contributed by atoms with van der Waals surface area (Å²) >= 11 is 0. The van der Waals surface area contributed by atoms with Gasteiger partial charge in [0.1, 0.15) is 11.9 Å². The molecule has 0 bridgehead atoms. The topological polar surface area (TPSA) is 25.4 Å². The van der Waals surface area contributed by atoms with Crippen molar-refractivity contribution in [2.45, 2.75) is 58.1 Å². The number of hydrogen-bond donors (Lipinski definition) is 0. The number of aromatic nitrogens is 1. The van der Waals surface area contributed by atoms with Crippen LogP contribution in [0.15, 0.2) is 24.5 Å². The highest BCUT2D eigenvalue weighted by Crippen LogP contribution is 2.40. The maximum absolute atomic E-state index is 6.04. The van der Waals surface area contributed by atoms with Crippen LogP contribution in [-0.2, 0) is 0 Å². The summed E-state index contributed by atoms with van der Waals surface area (Å²) < 4.78 is 6.04. The van der Waals surface area contributed by atoms with E-state index in [0.717, 1.165) is 24.6 Å².